The zero-order chi connectivity index (χ0) is 13.8. The van der Waals surface area contributed by atoms with E-state index < -0.39 is 0 Å². The molecule has 19 heavy (non-hydrogen) atoms. The minimum atomic E-state index is -0.319. The number of ether oxygens (including phenoxy) is 2. The van der Waals surface area contributed by atoms with Gasteiger partial charge in [0.1, 0.15) is 17.3 Å². The number of hydrogen-bond acceptors (Lipinski definition) is 3. The van der Waals surface area contributed by atoms with Crippen LogP contribution in [-0.2, 0) is 6.54 Å². The molecule has 0 saturated heterocycles. The summed E-state index contributed by atoms with van der Waals surface area (Å²) in [4.78, 5) is 0. The summed E-state index contributed by atoms with van der Waals surface area (Å²) < 4.78 is 24.2. The standard InChI is InChI=1S/C15H16FNO2/c1-18-13-4-3-5-14(19-2)15(13)12-8-11(16)7-6-10(12)9-17/h3-8H,9,17H2,1-2H3. The molecular weight excluding hydrogens is 245 g/mol. The summed E-state index contributed by atoms with van der Waals surface area (Å²) in [5, 5.41) is 0. The first-order chi connectivity index (χ1) is 9.21. The number of methoxy groups -OCH3 is 2. The molecular formula is C15H16FNO2. The van der Waals surface area contributed by atoms with Gasteiger partial charge in [0, 0.05) is 6.54 Å². The van der Waals surface area contributed by atoms with Crippen LogP contribution in [0.25, 0.3) is 11.1 Å². The highest BCUT2D eigenvalue weighted by Crippen LogP contribution is 2.40. The highest BCUT2D eigenvalue weighted by molar-refractivity contribution is 5.79. The van der Waals surface area contributed by atoms with Crippen LogP contribution in [0, 0.1) is 5.82 Å². The maximum absolute atomic E-state index is 13.5. The summed E-state index contributed by atoms with van der Waals surface area (Å²) >= 11 is 0. The van der Waals surface area contributed by atoms with Gasteiger partial charge in [-0.05, 0) is 35.4 Å². The zero-order valence-corrected chi connectivity index (χ0v) is 10.9. The Morgan fingerprint density at radius 3 is 2.21 bits per heavy atom. The van der Waals surface area contributed by atoms with E-state index in [4.69, 9.17) is 15.2 Å². The number of halogens is 1. The molecule has 0 spiro atoms. The predicted molar refractivity (Wildman–Crippen MR) is 72.8 cm³/mol. The average Bonchev–Trinajstić information content (AvgIpc) is 2.46. The molecule has 4 heteroatoms. The van der Waals surface area contributed by atoms with Crippen molar-refractivity contribution in [2.24, 2.45) is 5.73 Å². The van der Waals surface area contributed by atoms with E-state index in [0.29, 0.717) is 29.2 Å². The minimum Gasteiger partial charge on any atom is -0.496 e. The Bertz CT molecular complexity index is 562. The van der Waals surface area contributed by atoms with Gasteiger partial charge in [0.15, 0.2) is 0 Å². The smallest absolute Gasteiger partial charge is 0.130 e. The molecule has 0 bridgehead atoms. The fourth-order valence-electron chi connectivity index (χ4n) is 2.08. The SMILES string of the molecule is COc1cccc(OC)c1-c1cc(F)ccc1CN. The Hall–Kier alpha value is -2.07. The van der Waals surface area contributed by atoms with Gasteiger partial charge in [-0.2, -0.15) is 0 Å². The number of hydrogen-bond donors (Lipinski definition) is 1. The van der Waals surface area contributed by atoms with E-state index in [-0.39, 0.29) is 5.82 Å². The highest BCUT2D eigenvalue weighted by atomic mass is 19.1. The highest BCUT2D eigenvalue weighted by Gasteiger charge is 2.15. The van der Waals surface area contributed by atoms with Crippen molar-refractivity contribution in [3.63, 3.8) is 0 Å². The van der Waals surface area contributed by atoms with Crippen molar-refractivity contribution < 1.29 is 13.9 Å². The zero-order valence-electron chi connectivity index (χ0n) is 10.9. The summed E-state index contributed by atoms with van der Waals surface area (Å²) in [6, 6.07) is 9.96. The molecule has 3 nitrogen and oxygen atoms in total. The fraction of sp³-hybridized carbons (Fsp3) is 0.200. The van der Waals surface area contributed by atoms with Crippen molar-refractivity contribution in [3.8, 4) is 22.6 Å². The van der Waals surface area contributed by atoms with E-state index >= 15 is 0 Å². The minimum absolute atomic E-state index is 0.316. The van der Waals surface area contributed by atoms with Crippen molar-refractivity contribution in [2.75, 3.05) is 14.2 Å². The lowest BCUT2D eigenvalue weighted by Crippen LogP contribution is -2.01. The van der Waals surface area contributed by atoms with Crippen molar-refractivity contribution >= 4 is 0 Å². The molecule has 2 rings (SSSR count). The first-order valence-electron chi connectivity index (χ1n) is 5.91. The van der Waals surface area contributed by atoms with Gasteiger partial charge in [-0.1, -0.05) is 12.1 Å². The largest absolute Gasteiger partial charge is 0.496 e. The Morgan fingerprint density at radius 2 is 1.68 bits per heavy atom. The van der Waals surface area contributed by atoms with E-state index in [1.165, 1.54) is 12.1 Å². The molecule has 2 N–H and O–H groups in total. The normalized spacial score (nSPS) is 10.3. The van der Waals surface area contributed by atoms with Crippen molar-refractivity contribution in [3.05, 3.63) is 47.8 Å². The first kappa shape index (κ1) is 13.4. The van der Waals surface area contributed by atoms with Gasteiger partial charge in [-0.3, -0.25) is 0 Å². The van der Waals surface area contributed by atoms with E-state index in [0.717, 1.165) is 5.56 Å². The van der Waals surface area contributed by atoms with Crippen LogP contribution in [0.4, 0.5) is 4.39 Å². The molecule has 0 aliphatic heterocycles. The van der Waals surface area contributed by atoms with Crippen LogP contribution in [0.2, 0.25) is 0 Å². The lowest BCUT2D eigenvalue weighted by molar-refractivity contribution is 0.397. The van der Waals surface area contributed by atoms with Gasteiger partial charge in [-0.25, -0.2) is 4.39 Å². The molecule has 2 aromatic carbocycles. The summed E-state index contributed by atoms with van der Waals surface area (Å²) in [6.45, 7) is 0.316. The second kappa shape index (κ2) is 5.71. The first-order valence-corrected chi connectivity index (χ1v) is 5.91. The average molecular weight is 261 g/mol. The van der Waals surface area contributed by atoms with Crippen LogP contribution >= 0.6 is 0 Å². The van der Waals surface area contributed by atoms with Gasteiger partial charge in [0.2, 0.25) is 0 Å². The van der Waals surface area contributed by atoms with Crippen molar-refractivity contribution in [2.45, 2.75) is 6.54 Å². The third-order valence-corrected chi connectivity index (χ3v) is 2.99. The monoisotopic (exact) mass is 261 g/mol. The van der Waals surface area contributed by atoms with E-state index in [2.05, 4.69) is 0 Å². The molecule has 0 radical (unpaired) electrons. The molecule has 0 aromatic heterocycles. The Morgan fingerprint density at radius 1 is 1.05 bits per heavy atom. The lowest BCUT2D eigenvalue weighted by Gasteiger charge is -2.15. The van der Waals surface area contributed by atoms with Crippen LogP contribution in [0.5, 0.6) is 11.5 Å². The molecule has 0 amide bonds. The van der Waals surface area contributed by atoms with Crippen LogP contribution in [0.15, 0.2) is 36.4 Å². The number of rotatable bonds is 4. The molecule has 0 aliphatic carbocycles. The van der Waals surface area contributed by atoms with Crippen LogP contribution in [0.3, 0.4) is 0 Å². The molecule has 100 valence electrons. The summed E-state index contributed by atoms with van der Waals surface area (Å²) in [5.41, 5.74) is 7.96. The summed E-state index contributed by atoms with van der Waals surface area (Å²) in [7, 11) is 3.14. The maximum Gasteiger partial charge on any atom is 0.130 e. The summed E-state index contributed by atoms with van der Waals surface area (Å²) in [5.74, 6) is 0.930. The molecule has 2 aromatic rings. The third-order valence-electron chi connectivity index (χ3n) is 2.99. The quantitative estimate of drug-likeness (QED) is 0.920. The second-order valence-electron chi connectivity index (χ2n) is 4.04. The molecule has 0 saturated carbocycles. The van der Waals surface area contributed by atoms with Gasteiger partial charge < -0.3 is 15.2 Å². The Labute approximate surface area is 111 Å². The number of benzene rings is 2. The van der Waals surface area contributed by atoms with Crippen LogP contribution < -0.4 is 15.2 Å². The fourth-order valence-corrected chi connectivity index (χ4v) is 2.08. The van der Waals surface area contributed by atoms with Gasteiger partial charge in [0.05, 0.1) is 19.8 Å². The van der Waals surface area contributed by atoms with Gasteiger partial charge in [-0.15, -0.1) is 0 Å². The van der Waals surface area contributed by atoms with Crippen molar-refractivity contribution in [1.29, 1.82) is 0 Å². The molecule has 0 heterocycles. The number of nitrogens with two attached hydrogens (primary N) is 1. The molecule has 0 unspecified atom stereocenters. The second-order valence-corrected chi connectivity index (χ2v) is 4.04. The molecule has 0 atom stereocenters. The van der Waals surface area contributed by atoms with Gasteiger partial charge in [0.25, 0.3) is 0 Å². The summed E-state index contributed by atoms with van der Waals surface area (Å²) in [6.07, 6.45) is 0. The molecule has 0 aliphatic rings. The lowest BCUT2D eigenvalue weighted by atomic mass is 9.97. The topological polar surface area (TPSA) is 44.5 Å². The van der Waals surface area contributed by atoms with Crippen LogP contribution in [0.1, 0.15) is 5.56 Å². The predicted octanol–water partition coefficient (Wildman–Crippen LogP) is 2.97. The van der Waals surface area contributed by atoms with Crippen LogP contribution in [-0.4, -0.2) is 14.2 Å². The van der Waals surface area contributed by atoms with E-state index in [9.17, 15) is 4.39 Å². The Kier molecular flexibility index (Phi) is 4.02. The van der Waals surface area contributed by atoms with E-state index in [1.54, 1.807) is 20.3 Å². The Balaban J connectivity index is 2.73. The van der Waals surface area contributed by atoms with Crippen molar-refractivity contribution in [1.82, 2.24) is 0 Å². The van der Waals surface area contributed by atoms with Gasteiger partial charge >= 0.3 is 0 Å². The third kappa shape index (κ3) is 2.53. The molecule has 0 fully saturated rings. The maximum atomic E-state index is 13.5. The van der Waals surface area contributed by atoms with E-state index in [1.807, 2.05) is 18.2 Å².